The lowest BCUT2D eigenvalue weighted by molar-refractivity contribution is -0.143. The number of anilines is 2. The molecule has 2 aliphatic heterocycles. The lowest BCUT2D eigenvalue weighted by Gasteiger charge is -2.50. The lowest BCUT2D eigenvalue weighted by atomic mass is 9.56. The Hall–Kier alpha value is -4.42. The fourth-order valence-corrected chi connectivity index (χ4v) is 9.10. The summed E-state index contributed by atoms with van der Waals surface area (Å²) in [6.07, 6.45) is -11.1. The molecular formula is C34H16Cl3F11N2O5. The second-order valence-electron chi connectivity index (χ2n) is 13.2. The van der Waals surface area contributed by atoms with E-state index < -0.39 is 150 Å². The van der Waals surface area contributed by atoms with Crippen molar-refractivity contribution in [3.63, 3.8) is 0 Å². The third kappa shape index (κ3) is 5.30. The highest BCUT2D eigenvalue weighted by molar-refractivity contribution is 6.58. The van der Waals surface area contributed by atoms with Gasteiger partial charge in [-0.15, -0.1) is 23.2 Å². The predicted molar refractivity (Wildman–Crippen MR) is 168 cm³/mol. The van der Waals surface area contributed by atoms with Gasteiger partial charge in [-0.3, -0.25) is 19.2 Å². The zero-order valence-corrected chi connectivity index (χ0v) is 28.8. The smallest absolute Gasteiger partial charge is 0.416 e. The Morgan fingerprint density at radius 3 is 1.80 bits per heavy atom. The highest BCUT2D eigenvalue weighted by Gasteiger charge is 2.77. The van der Waals surface area contributed by atoms with E-state index in [0.29, 0.717) is 0 Å². The predicted octanol–water partition coefficient (Wildman–Crippen LogP) is 8.55. The first-order valence-electron chi connectivity index (χ1n) is 15.5. The van der Waals surface area contributed by atoms with Crippen LogP contribution >= 0.6 is 34.8 Å². The monoisotopic (exact) mass is 846 g/mol. The highest BCUT2D eigenvalue weighted by Crippen LogP contribution is 2.67. The van der Waals surface area contributed by atoms with Gasteiger partial charge >= 0.3 is 12.4 Å². The summed E-state index contributed by atoms with van der Waals surface area (Å²) in [6.45, 7) is 0. The maximum atomic E-state index is 15.2. The fraction of sp³-hybridized carbons (Fsp3) is 0.294. The van der Waals surface area contributed by atoms with Crippen molar-refractivity contribution < 1.29 is 72.6 Å². The van der Waals surface area contributed by atoms with Crippen LogP contribution in [-0.2, 0) is 31.5 Å². The molecule has 2 heterocycles. The fourth-order valence-electron chi connectivity index (χ4n) is 7.99. The van der Waals surface area contributed by atoms with E-state index in [1.54, 1.807) is 0 Å². The van der Waals surface area contributed by atoms with Crippen LogP contribution in [0.1, 0.15) is 35.4 Å². The number of hydrogen-bond donors (Lipinski definition) is 1. The summed E-state index contributed by atoms with van der Waals surface area (Å²) in [6, 6.07) is 3.17. The van der Waals surface area contributed by atoms with Gasteiger partial charge in [-0.1, -0.05) is 23.3 Å². The Bertz CT molecular complexity index is 2260. The number of fused-ring (bicyclic) bond motifs is 4. The van der Waals surface area contributed by atoms with Gasteiger partial charge in [0.15, 0.2) is 33.0 Å². The minimum absolute atomic E-state index is 0.0919. The summed E-state index contributed by atoms with van der Waals surface area (Å²) in [5, 5.41) is 10.8. The van der Waals surface area contributed by atoms with Crippen LogP contribution in [0.25, 0.3) is 0 Å². The standard InChI is InChI=1S/C34H16Cl3F11N2O5/c35-12-1-4-18(51)16(8-12)20-14-2-3-15-19(28(53)49(27(15)52)13-6-10(33(43,44)45)5-11(7-13)34(46,47)48)17(14)9-31(36)29(54)50(30(55)32(20,31)37)26-24(41)22(39)21(38)23(40)25(26)42/h1-2,4-8,15,17,19-20,51H,3,9H2. The van der Waals surface area contributed by atoms with Crippen LogP contribution in [0.4, 0.5) is 59.7 Å². The van der Waals surface area contributed by atoms with Crippen molar-refractivity contribution in [1.82, 2.24) is 0 Å². The van der Waals surface area contributed by atoms with Crippen LogP contribution in [0.3, 0.4) is 0 Å². The van der Waals surface area contributed by atoms with Crippen LogP contribution in [-0.4, -0.2) is 38.5 Å². The Morgan fingerprint density at radius 1 is 0.709 bits per heavy atom. The molecule has 7 nitrogen and oxygen atoms in total. The number of rotatable bonds is 3. The van der Waals surface area contributed by atoms with Gasteiger partial charge in [-0.05, 0) is 55.2 Å². The number of halogens is 14. The molecule has 6 unspecified atom stereocenters. The number of benzene rings is 3. The van der Waals surface area contributed by atoms with Crippen molar-refractivity contribution in [2.45, 2.75) is 40.9 Å². The zero-order valence-electron chi connectivity index (χ0n) is 26.5. The first kappa shape index (κ1) is 38.8. The Morgan fingerprint density at radius 2 is 1.25 bits per heavy atom. The van der Waals surface area contributed by atoms with Crippen molar-refractivity contribution in [2.75, 3.05) is 9.80 Å². The summed E-state index contributed by atoms with van der Waals surface area (Å²) in [4.78, 5) is 50.0. The van der Waals surface area contributed by atoms with Crippen LogP contribution < -0.4 is 9.80 Å². The summed E-state index contributed by atoms with van der Waals surface area (Å²) in [5.41, 5.74) is -7.53. The molecule has 0 aromatic heterocycles. The van der Waals surface area contributed by atoms with Crippen LogP contribution in [0.5, 0.6) is 5.75 Å². The molecule has 21 heteroatoms. The molecule has 3 fully saturated rings. The number of carbonyl (C=O) groups is 4. The molecule has 0 radical (unpaired) electrons. The van der Waals surface area contributed by atoms with Gasteiger partial charge in [0, 0.05) is 16.5 Å². The number of allylic oxidation sites excluding steroid dienone is 2. The summed E-state index contributed by atoms with van der Waals surface area (Å²) in [5.74, 6) is -27.1. The largest absolute Gasteiger partial charge is 0.508 e. The molecule has 290 valence electrons. The van der Waals surface area contributed by atoms with Gasteiger partial charge in [0.05, 0.1) is 28.7 Å². The van der Waals surface area contributed by atoms with E-state index in [9.17, 15) is 63.8 Å². The second-order valence-corrected chi connectivity index (χ2v) is 14.8. The van der Waals surface area contributed by atoms with Crippen LogP contribution in [0.2, 0.25) is 5.02 Å². The van der Waals surface area contributed by atoms with Gasteiger partial charge in [0.1, 0.15) is 11.4 Å². The van der Waals surface area contributed by atoms with Gasteiger partial charge in [-0.25, -0.2) is 31.8 Å². The maximum Gasteiger partial charge on any atom is 0.416 e. The number of phenolic OH excluding ortho intramolecular Hbond substituents is 1. The number of nitrogens with zero attached hydrogens (tertiary/aromatic N) is 2. The quantitative estimate of drug-likeness (QED) is 0.0713. The topological polar surface area (TPSA) is 95.0 Å². The molecule has 3 aromatic carbocycles. The molecule has 55 heavy (non-hydrogen) atoms. The Balaban J connectivity index is 1.42. The minimum atomic E-state index is -5.38. The van der Waals surface area contributed by atoms with Gasteiger partial charge < -0.3 is 5.11 Å². The number of imide groups is 2. The number of hydrogen-bond acceptors (Lipinski definition) is 5. The molecular weight excluding hydrogens is 832 g/mol. The number of alkyl halides is 8. The Labute approximate surface area is 314 Å². The minimum Gasteiger partial charge on any atom is -0.508 e. The maximum absolute atomic E-state index is 15.2. The second kappa shape index (κ2) is 12.3. The molecule has 6 atom stereocenters. The molecule has 7 rings (SSSR count). The molecule has 4 amide bonds. The lowest BCUT2D eigenvalue weighted by Crippen LogP contribution is -2.60. The van der Waals surface area contributed by atoms with E-state index in [0.717, 1.165) is 18.2 Å². The van der Waals surface area contributed by atoms with Gasteiger partial charge in [-0.2, -0.15) is 26.3 Å². The molecule has 2 saturated heterocycles. The molecule has 0 spiro atoms. The first-order valence-corrected chi connectivity index (χ1v) is 16.6. The number of aromatic hydroxyl groups is 1. The summed E-state index contributed by atoms with van der Waals surface area (Å²) >= 11 is 20.1. The molecule has 4 aliphatic rings. The van der Waals surface area contributed by atoms with Gasteiger partial charge in [0.2, 0.25) is 17.6 Å². The third-order valence-electron chi connectivity index (χ3n) is 10.4. The van der Waals surface area contributed by atoms with Crippen LogP contribution in [0, 0.1) is 46.8 Å². The zero-order chi connectivity index (χ0) is 40.6. The van der Waals surface area contributed by atoms with Crippen molar-refractivity contribution in [1.29, 1.82) is 0 Å². The molecule has 0 bridgehead atoms. The van der Waals surface area contributed by atoms with E-state index in [-0.39, 0.29) is 33.7 Å². The Kier molecular flexibility index (Phi) is 8.68. The van der Waals surface area contributed by atoms with Crippen molar-refractivity contribution in [2.24, 2.45) is 17.8 Å². The summed E-state index contributed by atoms with van der Waals surface area (Å²) in [7, 11) is 0. The highest BCUT2D eigenvalue weighted by atomic mass is 35.5. The molecule has 3 aromatic rings. The van der Waals surface area contributed by atoms with E-state index in [1.165, 1.54) is 6.08 Å². The van der Waals surface area contributed by atoms with Crippen LogP contribution in [0.15, 0.2) is 48.0 Å². The summed E-state index contributed by atoms with van der Waals surface area (Å²) < 4.78 is 156. The first-order chi connectivity index (χ1) is 25.4. The average Bonchev–Trinajstić information content (AvgIpc) is 3.44. The van der Waals surface area contributed by atoms with Crippen molar-refractivity contribution >= 4 is 69.8 Å². The van der Waals surface area contributed by atoms with Gasteiger partial charge in [0.25, 0.3) is 11.8 Å². The SMILES string of the molecule is O=C1C2CC=C3C(CC4(Cl)C(=O)N(c5c(F)c(F)c(F)c(F)c5F)C(=O)C4(Cl)C3c3cc(Cl)ccc3O)C2C(=O)N1c1cc(C(F)(F)F)cc(C(F)(F)F)c1. The number of amides is 4. The molecule has 2 aliphatic carbocycles. The number of phenols is 1. The molecule has 1 N–H and O–H groups in total. The van der Waals surface area contributed by atoms with E-state index in [4.69, 9.17) is 34.8 Å². The van der Waals surface area contributed by atoms with Crippen molar-refractivity contribution in [3.8, 4) is 5.75 Å². The van der Waals surface area contributed by atoms with E-state index in [2.05, 4.69) is 0 Å². The van der Waals surface area contributed by atoms with E-state index >= 15 is 8.78 Å². The number of carbonyl (C=O) groups excluding carboxylic acids is 4. The van der Waals surface area contributed by atoms with E-state index in [1.807, 2.05) is 0 Å². The van der Waals surface area contributed by atoms with Crippen molar-refractivity contribution in [3.05, 3.63) is 98.8 Å². The average molecular weight is 848 g/mol. The molecule has 1 saturated carbocycles. The normalized spacial score (nSPS) is 28.1. The third-order valence-corrected chi connectivity index (χ3v) is 12.0.